The number of hydrogen-bond acceptors (Lipinski definition) is 9. The van der Waals surface area contributed by atoms with Gasteiger partial charge in [-0.3, -0.25) is 14.7 Å². The van der Waals surface area contributed by atoms with Crippen molar-refractivity contribution < 1.29 is 38.4 Å². The zero-order valence-electron chi connectivity index (χ0n) is 19.2. The number of aromatic nitrogens is 2. The van der Waals surface area contributed by atoms with Gasteiger partial charge < -0.3 is 34.7 Å². The zero-order chi connectivity index (χ0) is 24.8. The average molecular weight is 488 g/mol. The van der Waals surface area contributed by atoms with Crippen LogP contribution in [0.15, 0.2) is 18.2 Å². The topological polar surface area (TPSA) is 161 Å². The van der Waals surface area contributed by atoms with Gasteiger partial charge in [-0.15, -0.1) is 0 Å². The maximum Gasteiger partial charge on any atom is 0.407 e. The maximum atomic E-state index is 12.3. The van der Waals surface area contributed by atoms with E-state index in [-0.39, 0.29) is 40.9 Å². The van der Waals surface area contributed by atoms with Crippen molar-refractivity contribution in [3.05, 3.63) is 29.5 Å². The molecule has 0 bridgehead atoms. The van der Waals surface area contributed by atoms with E-state index < -0.39 is 18.6 Å². The van der Waals surface area contributed by atoms with Gasteiger partial charge in [0.2, 0.25) is 0 Å². The minimum atomic E-state index is -0.498. The zero-order valence-corrected chi connectivity index (χ0v) is 19.2. The Morgan fingerprint density at radius 3 is 2.83 bits per heavy atom. The number of amides is 2. The molecule has 0 unspecified atom stereocenters. The third-order valence-electron chi connectivity index (χ3n) is 6.04. The van der Waals surface area contributed by atoms with Crippen molar-refractivity contribution in [2.45, 2.75) is 43.8 Å². The first-order valence-corrected chi connectivity index (χ1v) is 11.4. The van der Waals surface area contributed by atoms with Gasteiger partial charge in [-0.05, 0) is 25.7 Å². The molecule has 1 aromatic carbocycles. The minimum absolute atomic E-state index is 0.0240. The van der Waals surface area contributed by atoms with Gasteiger partial charge in [0.05, 0.1) is 18.8 Å². The number of nitrogens with zero attached hydrogens (tertiary/aromatic N) is 1. The number of phenolic OH excluding ortho intramolecular Hbond substituents is 1. The fourth-order valence-corrected chi connectivity index (χ4v) is 4.04. The second kappa shape index (κ2) is 11.1. The molecule has 12 nitrogen and oxygen atoms in total. The summed E-state index contributed by atoms with van der Waals surface area (Å²) in [7, 11) is 1.40. The first kappa shape index (κ1) is 24.3. The number of alkyl carbamates (subject to hydrolysis) is 1. The number of aromatic amines is 1. The molecule has 2 aromatic rings. The number of anilines is 1. The van der Waals surface area contributed by atoms with Crippen LogP contribution < -0.4 is 20.1 Å². The van der Waals surface area contributed by atoms with E-state index >= 15 is 0 Å². The highest BCUT2D eigenvalue weighted by atomic mass is 16.6. The van der Waals surface area contributed by atoms with Crippen LogP contribution in [0, 0.1) is 0 Å². The van der Waals surface area contributed by atoms with Gasteiger partial charge >= 0.3 is 6.09 Å². The molecule has 1 aliphatic heterocycles. The van der Waals surface area contributed by atoms with Gasteiger partial charge in [0.1, 0.15) is 23.4 Å². The predicted octanol–water partition coefficient (Wildman–Crippen LogP) is 2.11. The van der Waals surface area contributed by atoms with Crippen LogP contribution in [0.4, 0.5) is 10.6 Å². The fourth-order valence-electron chi connectivity index (χ4n) is 4.04. The maximum absolute atomic E-state index is 12.3. The van der Waals surface area contributed by atoms with Crippen LogP contribution in [0.5, 0.6) is 17.2 Å². The Balaban J connectivity index is 1.24. The fraction of sp³-hybridized carbons (Fsp3) is 0.478. The molecule has 1 aromatic heterocycles. The third kappa shape index (κ3) is 6.21. The molecule has 12 heteroatoms. The Bertz CT molecular complexity index is 1070. The summed E-state index contributed by atoms with van der Waals surface area (Å²) in [5, 5.41) is 22.3. The van der Waals surface area contributed by atoms with Gasteiger partial charge in [0, 0.05) is 43.0 Å². The lowest BCUT2D eigenvalue weighted by molar-refractivity contribution is -0.118. The summed E-state index contributed by atoms with van der Waals surface area (Å²) in [6, 6.07) is 4.41. The second-order valence-corrected chi connectivity index (χ2v) is 8.42. The summed E-state index contributed by atoms with van der Waals surface area (Å²) in [4.78, 5) is 35.5. The van der Waals surface area contributed by atoms with Crippen LogP contribution in [-0.4, -0.2) is 72.7 Å². The molecular formula is C23H28N4O8. The molecule has 2 amide bonds. The van der Waals surface area contributed by atoms with Crippen molar-refractivity contribution in [3.63, 3.8) is 0 Å². The summed E-state index contributed by atoms with van der Waals surface area (Å²) in [5.41, 5.74) is 0.750. The van der Waals surface area contributed by atoms with E-state index in [1.807, 2.05) is 0 Å². The Hall–Kier alpha value is -3.80. The number of ether oxygens (including phenoxy) is 4. The van der Waals surface area contributed by atoms with E-state index in [1.54, 1.807) is 6.07 Å². The molecule has 1 saturated carbocycles. The molecular weight excluding hydrogens is 460 g/mol. The molecule has 0 spiro atoms. The van der Waals surface area contributed by atoms with Crippen molar-refractivity contribution in [2.75, 3.05) is 32.2 Å². The Kier molecular flexibility index (Phi) is 7.70. The largest absolute Gasteiger partial charge is 0.507 e. The van der Waals surface area contributed by atoms with E-state index in [9.17, 15) is 19.5 Å². The number of benzene rings is 1. The monoisotopic (exact) mass is 488 g/mol. The first-order chi connectivity index (χ1) is 16.9. The Morgan fingerprint density at radius 2 is 2.11 bits per heavy atom. The van der Waals surface area contributed by atoms with Crippen molar-refractivity contribution in [2.24, 2.45) is 0 Å². The number of carbonyl (C=O) groups is 3. The van der Waals surface area contributed by atoms with Crippen LogP contribution in [-0.2, 0) is 14.3 Å². The number of carbonyl (C=O) groups excluding carboxylic acids is 3. The van der Waals surface area contributed by atoms with E-state index in [0.717, 1.165) is 31.6 Å². The predicted molar refractivity (Wildman–Crippen MR) is 122 cm³/mol. The van der Waals surface area contributed by atoms with Gasteiger partial charge in [-0.1, -0.05) is 0 Å². The molecule has 1 saturated heterocycles. The Labute approximate surface area is 201 Å². The van der Waals surface area contributed by atoms with Gasteiger partial charge in [0.15, 0.2) is 18.7 Å². The third-order valence-corrected chi connectivity index (χ3v) is 6.04. The Morgan fingerprint density at radius 1 is 1.29 bits per heavy atom. The number of methoxy groups -OCH3 is 1. The van der Waals surface area contributed by atoms with Gasteiger partial charge in [-0.2, -0.15) is 5.10 Å². The quantitative estimate of drug-likeness (QED) is 0.367. The summed E-state index contributed by atoms with van der Waals surface area (Å²) >= 11 is 0. The number of phenols is 1. The highest BCUT2D eigenvalue weighted by molar-refractivity contribution is 5.91. The van der Waals surface area contributed by atoms with Crippen molar-refractivity contribution >= 4 is 24.1 Å². The van der Waals surface area contributed by atoms with Gasteiger partial charge in [-0.25, -0.2) is 4.79 Å². The number of aldehydes is 1. The lowest BCUT2D eigenvalue weighted by Gasteiger charge is -2.26. The highest BCUT2D eigenvalue weighted by Crippen LogP contribution is 2.36. The highest BCUT2D eigenvalue weighted by Gasteiger charge is 2.30. The standard InChI is InChI=1S/C23H28N4O8/c1-32-16-7-19(29)17(11-28)20(8-16)34-12-22(30)25-21-9-18(26-27-21)13-2-3-14(6-13)35-23(31)24-10-15-4-5-33-15/h7-9,11,13-15,29H,2-6,10,12H2,1H3,(H,24,31)(H2,25,26,27,30)/t13-,14+,15+/m0/s1. The van der Waals surface area contributed by atoms with E-state index in [2.05, 4.69) is 20.8 Å². The molecule has 2 fully saturated rings. The van der Waals surface area contributed by atoms with Gasteiger partial charge in [0.25, 0.3) is 5.91 Å². The molecule has 4 rings (SSSR count). The van der Waals surface area contributed by atoms with Crippen LogP contribution >= 0.6 is 0 Å². The first-order valence-electron chi connectivity index (χ1n) is 11.4. The number of H-pyrrole nitrogens is 1. The molecule has 4 N–H and O–H groups in total. The lowest BCUT2D eigenvalue weighted by atomic mass is 10.0. The molecule has 2 aliphatic rings. The molecule has 188 valence electrons. The van der Waals surface area contributed by atoms with E-state index in [1.165, 1.54) is 19.2 Å². The summed E-state index contributed by atoms with van der Waals surface area (Å²) in [5.74, 6) is -0.0649. The van der Waals surface area contributed by atoms with Crippen LogP contribution in [0.3, 0.4) is 0 Å². The van der Waals surface area contributed by atoms with Crippen molar-refractivity contribution in [3.8, 4) is 17.2 Å². The lowest BCUT2D eigenvalue weighted by Crippen LogP contribution is -2.40. The molecule has 1 aliphatic carbocycles. The molecule has 3 atom stereocenters. The minimum Gasteiger partial charge on any atom is -0.507 e. The molecule has 0 radical (unpaired) electrons. The van der Waals surface area contributed by atoms with E-state index in [4.69, 9.17) is 18.9 Å². The van der Waals surface area contributed by atoms with Crippen molar-refractivity contribution in [1.82, 2.24) is 15.5 Å². The van der Waals surface area contributed by atoms with E-state index in [0.29, 0.717) is 25.1 Å². The summed E-state index contributed by atoms with van der Waals surface area (Å²) < 4.78 is 21.2. The number of nitrogens with one attached hydrogen (secondary N) is 3. The second-order valence-electron chi connectivity index (χ2n) is 8.42. The number of hydrogen-bond donors (Lipinski definition) is 4. The normalized spacial score (nSPS) is 21.0. The number of aromatic hydroxyl groups is 1. The molecule has 2 heterocycles. The van der Waals surface area contributed by atoms with Crippen LogP contribution in [0.25, 0.3) is 0 Å². The van der Waals surface area contributed by atoms with Crippen molar-refractivity contribution in [1.29, 1.82) is 0 Å². The number of rotatable bonds is 10. The molecule has 35 heavy (non-hydrogen) atoms. The smallest absolute Gasteiger partial charge is 0.407 e. The average Bonchev–Trinajstić information content (AvgIpc) is 3.45. The summed E-state index contributed by atoms with van der Waals surface area (Å²) in [6.07, 6.45) is 3.04. The summed E-state index contributed by atoms with van der Waals surface area (Å²) in [6.45, 7) is 0.785. The SMILES string of the molecule is COc1cc(O)c(C=O)c(OCC(=O)Nc2cc([C@H]3CC[C@@H](OC(=O)NC[C@H]4CCO4)C3)[nH]n2)c1. The van der Waals surface area contributed by atoms with Crippen LogP contribution in [0.1, 0.15) is 47.7 Å². The van der Waals surface area contributed by atoms with Crippen LogP contribution in [0.2, 0.25) is 0 Å².